The number of nitrogens with one attached hydrogen (secondary N) is 1. The third-order valence-corrected chi connectivity index (χ3v) is 5.03. The van der Waals surface area contributed by atoms with Gasteiger partial charge in [0.2, 0.25) is 0 Å². The molecule has 0 fully saturated rings. The minimum atomic E-state index is -1.14. The standard InChI is InChI=1S/C17H23NO6S/c1-3-6-24-17(22)15-11-5-4-10(2)7-12(11)25-16(15)18-13(19)8-23-9-14(20)21/h10H,3-9H2,1-2H3,(H,18,19)(H,20,21)/t10-/m0/s1. The van der Waals surface area contributed by atoms with Crippen LogP contribution in [-0.2, 0) is 31.9 Å². The lowest BCUT2D eigenvalue weighted by Gasteiger charge is -2.18. The maximum Gasteiger partial charge on any atom is 0.341 e. The van der Waals surface area contributed by atoms with Crippen LogP contribution in [0.3, 0.4) is 0 Å². The molecule has 0 aromatic carbocycles. The van der Waals surface area contributed by atoms with Crippen LogP contribution in [0.5, 0.6) is 0 Å². The molecule has 1 aliphatic rings. The van der Waals surface area contributed by atoms with E-state index >= 15 is 0 Å². The van der Waals surface area contributed by atoms with E-state index in [4.69, 9.17) is 14.6 Å². The Kier molecular flexibility index (Phi) is 6.95. The molecule has 8 heteroatoms. The largest absolute Gasteiger partial charge is 0.480 e. The Morgan fingerprint density at radius 3 is 2.76 bits per heavy atom. The van der Waals surface area contributed by atoms with Gasteiger partial charge in [-0.2, -0.15) is 0 Å². The van der Waals surface area contributed by atoms with E-state index in [0.717, 1.165) is 36.1 Å². The van der Waals surface area contributed by atoms with Gasteiger partial charge in [0.05, 0.1) is 12.2 Å². The number of hydrogen-bond acceptors (Lipinski definition) is 6. The van der Waals surface area contributed by atoms with Crippen molar-refractivity contribution in [1.82, 2.24) is 0 Å². The predicted molar refractivity (Wildman–Crippen MR) is 93.2 cm³/mol. The molecule has 1 atom stereocenters. The van der Waals surface area contributed by atoms with Crippen LogP contribution in [0, 0.1) is 5.92 Å². The van der Waals surface area contributed by atoms with E-state index < -0.39 is 24.5 Å². The highest BCUT2D eigenvalue weighted by Crippen LogP contribution is 2.40. The van der Waals surface area contributed by atoms with Crippen molar-refractivity contribution >= 4 is 34.2 Å². The number of esters is 1. The molecule has 1 aromatic heterocycles. The van der Waals surface area contributed by atoms with Gasteiger partial charge in [0.15, 0.2) is 0 Å². The van der Waals surface area contributed by atoms with Crippen molar-refractivity contribution in [2.24, 2.45) is 5.92 Å². The summed E-state index contributed by atoms with van der Waals surface area (Å²) < 4.78 is 10.1. The van der Waals surface area contributed by atoms with Crippen LogP contribution in [0.2, 0.25) is 0 Å². The Morgan fingerprint density at radius 1 is 1.32 bits per heavy atom. The van der Waals surface area contributed by atoms with Crippen LogP contribution in [0.15, 0.2) is 0 Å². The van der Waals surface area contributed by atoms with Crippen LogP contribution in [0.1, 0.15) is 47.5 Å². The lowest BCUT2D eigenvalue weighted by atomic mass is 9.88. The maximum atomic E-state index is 12.4. The Hall–Kier alpha value is -1.93. The first-order valence-corrected chi connectivity index (χ1v) is 9.15. The number of carboxylic acids is 1. The Bertz CT molecular complexity index is 654. The fourth-order valence-electron chi connectivity index (χ4n) is 2.72. The van der Waals surface area contributed by atoms with Crippen LogP contribution < -0.4 is 5.32 Å². The van der Waals surface area contributed by atoms with Crippen molar-refractivity contribution in [3.8, 4) is 0 Å². The molecule has 1 aliphatic carbocycles. The van der Waals surface area contributed by atoms with Gasteiger partial charge in [-0.15, -0.1) is 11.3 Å². The summed E-state index contributed by atoms with van der Waals surface area (Å²) in [7, 11) is 0. The second kappa shape index (κ2) is 8.96. The van der Waals surface area contributed by atoms with E-state index in [0.29, 0.717) is 23.1 Å². The monoisotopic (exact) mass is 369 g/mol. The topological polar surface area (TPSA) is 102 Å². The molecule has 1 aromatic rings. The van der Waals surface area contributed by atoms with E-state index in [2.05, 4.69) is 12.2 Å². The number of thiophene rings is 1. The van der Waals surface area contributed by atoms with Crippen molar-refractivity contribution < 1.29 is 29.0 Å². The normalized spacial score (nSPS) is 16.2. The molecule has 0 unspecified atom stereocenters. The predicted octanol–water partition coefficient (Wildman–Crippen LogP) is 2.48. The average Bonchev–Trinajstić information content (AvgIpc) is 2.88. The second-order valence-corrected chi connectivity index (χ2v) is 7.23. The van der Waals surface area contributed by atoms with E-state index in [1.54, 1.807) is 0 Å². The summed E-state index contributed by atoms with van der Waals surface area (Å²) in [6.45, 7) is 3.48. The lowest BCUT2D eigenvalue weighted by molar-refractivity contribution is -0.143. The molecule has 0 spiro atoms. The van der Waals surface area contributed by atoms with E-state index in [-0.39, 0.29) is 6.61 Å². The fraction of sp³-hybridized carbons (Fsp3) is 0.588. The van der Waals surface area contributed by atoms with Gasteiger partial charge in [-0.05, 0) is 37.2 Å². The van der Waals surface area contributed by atoms with Crippen LogP contribution in [0.4, 0.5) is 5.00 Å². The van der Waals surface area contributed by atoms with Crippen LogP contribution in [-0.4, -0.2) is 42.8 Å². The number of hydrogen-bond donors (Lipinski definition) is 2. The van der Waals surface area contributed by atoms with Crippen LogP contribution in [0.25, 0.3) is 0 Å². The van der Waals surface area contributed by atoms with Gasteiger partial charge >= 0.3 is 11.9 Å². The molecule has 0 aliphatic heterocycles. The van der Waals surface area contributed by atoms with Crippen molar-refractivity contribution in [1.29, 1.82) is 0 Å². The number of ether oxygens (including phenoxy) is 2. The maximum absolute atomic E-state index is 12.4. The van der Waals surface area contributed by atoms with Gasteiger partial charge in [0.25, 0.3) is 5.91 Å². The molecule has 0 saturated carbocycles. The first-order valence-electron chi connectivity index (χ1n) is 8.33. The molecule has 1 amide bonds. The Morgan fingerprint density at radius 2 is 2.08 bits per heavy atom. The zero-order valence-electron chi connectivity index (χ0n) is 14.4. The highest BCUT2D eigenvalue weighted by atomic mass is 32.1. The number of amides is 1. The minimum Gasteiger partial charge on any atom is -0.480 e. The van der Waals surface area contributed by atoms with Crippen molar-refractivity contribution in [3.63, 3.8) is 0 Å². The average molecular weight is 369 g/mol. The number of anilines is 1. The Labute approximate surface area is 150 Å². The highest BCUT2D eigenvalue weighted by Gasteiger charge is 2.29. The minimum absolute atomic E-state index is 0.328. The molecule has 0 bridgehead atoms. The summed E-state index contributed by atoms with van der Waals surface area (Å²) in [4.78, 5) is 36.0. The Balaban J connectivity index is 2.16. The van der Waals surface area contributed by atoms with Gasteiger partial charge in [-0.1, -0.05) is 13.8 Å². The summed E-state index contributed by atoms with van der Waals surface area (Å²) in [5.74, 6) is -1.52. The fourth-order valence-corrected chi connectivity index (χ4v) is 4.13. The summed E-state index contributed by atoms with van der Waals surface area (Å²) in [6, 6.07) is 0. The van der Waals surface area contributed by atoms with E-state index in [1.807, 2.05) is 6.92 Å². The van der Waals surface area contributed by atoms with Gasteiger partial charge in [0, 0.05) is 4.88 Å². The number of carbonyl (C=O) groups excluding carboxylic acids is 2. The zero-order valence-corrected chi connectivity index (χ0v) is 15.2. The molecule has 25 heavy (non-hydrogen) atoms. The summed E-state index contributed by atoms with van der Waals surface area (Å²) in [5, 5.41) is 11.7. The molecule has 0 saturated heterocycles. The van der Waals surface area contributed by atoms with Crippen LogP contribution >= 0.6 is 11.3 Å². The quantitative estimate of drug-likeness (QED) is 0.683. The smallest absolute Gasteiger partial charge is 0.341 e. The third-order valence-electron chi connectivity index (χ3n) is 3.86. The summed E-state index contributed by atoms with van der Waals surface area (Å²) in [6.07, 6.45) is 3.38. The van der Waals surface area contributed by atoms with Gasteiger partial charge in [-0.3, -0.25) is 4.79 Å². The lowest BCUT2D eigenvalue weighted by Crippen LogP contribution is -2.22. The SMILES string of the molecule is CCCOC(=O)c1c(NC(=O)COCC(=O)O)sc2c1CC[C@H](C)C2. The molecule has 2 N–H and O–H groups in total. The summed E-state index contributed by atoms with van der Waals surface area (Å²) >= 11 is 1.39. The molecule has 138 valence electrons. The molecule has 1 heterocycles. The third kappa shape index (κ3) is 5.27. The van der Waals surface area contributed by atoms with Crippen molar-refractivity contribution in [2.75, 3.05) is 25.1 Å². The molecule has 2 rings (SSSR count). The summed E-state index contributed by atoms with van der Waals surface area (Å²) in [5.41, 5.74) is 1.40. The number of carboxylic acid groups (broad SMARTS) is 1. The zero-order chi connectivity index (χ0) is 18.4. The highest BCUT2D eigenvalue weighted by molar-refractivity contribution is 7.17. The first-order chi connectivity index (χ1) is 11.9. The van der Waals surface area contributed by atoms with Gasteiger partial charge < -0.3 is 19.9 Å². The van der Waals surface area contributed by atoms with Gasteiger partial charge in [0.1, 0.15) is 18.2 Å². The number of rotatable bonds is 8. The van der Waals surface area contributed by atoms with Crippen molar-refractivity contribution in [3.05, 3.63) is 16.0 Å². The number of fused-ring (bicyclic) bond motifs is 1. The van der Waals surface area contributed by atoms with E-state index in [9.17, 15) is 14.4 Å². The second-order valence-electron chi connectivity index (χ2n) is 6.13. The first kappa shape index (κ1) is 19.4. The molecule has 7 nitrogen and oxygen atoms in total. The van der Waals surface area contributed by atoms with Gasteiger partial charge in [-0.25, -0.2) is 9.59 Å². The number of aliphatic carboxylic acids is 1. The van der Waals surface area contributed by atoms with E-state index in [1.165, 1.54) is 11.3 Å². The molecular formula is C17H23NO6S. The molecule has 0 radical (unpaired) electrons. The van der Waals surface area contributed by atoms with Crippen molar-refractivity contribution in [2.45, 2.75) is 39.5 Å². The number of carbonyl (C=O) groups is 3. The molecular weight excluding hydrogens is 346 g/mol.